The minimum Gasteiger partial charge on any atom is -0.348 e. The van der Waals surface area contributed by atoms with Gasteiger partial charge in [0.2, 0.25) is 5.91 Å². The van der Waals surface area contributed by atoms with E-state index in [4.69, 9.17) is 0 Å². The lowest BCUT2D eigenvalue weighted by molar-refractivity contribution is -0.114. The van der Waals surface area contributed by atoms with Gasteiger partial charge in [-0.15, -0.1) is 0 Å². The molecule has 0 aliphatic heterocycles. The molecular weight excluding hydrogens is 314 g/mol. The maximum absolute atomic E-state index is 12.4. The fourth-order valence-electron chi connectivity index (χ4n) is 3.00. The smallest absolute Gasteiger partial charge is 0.251 e. The van der Waals surface area contributed by atoms with Crippen LogP contribution in [-0.2, 0) is 18.4 Å². The number of benzene rings is 2. The fraction of sp³-hybridized carbons (Fsp3) is 0.200. The lowest BCUT2D eigenvalue weighted by Crippen LogP contribution is -2.23. The van der Waals surface area contributed by atoms with Gasteiger partial charge in [0.15, 0.2) is 0 Å². The van der Waals surface area contributed by atoms with Crippen LogP contribution in [0.15, 0.2) is 48.5 Å². The molecule has 0 unspecified atom stereocenters. The minimum absolute atomic E-state index is 0.136. The van der Waals surface area contributed by atoms with E-state index in [2.05, 4.69) is 34.3 Å². The minimum atomic E-state index is -0.137. The van der Waals surface area contributed by atoms with Gasteiger partial charge >= 0.3 is 0 Å². The van der Waals surface area contributed by atoms with Crippen LogP contribution in [0.2, 0.25) is 0 Å². The number of aryl methyl sites for hydroxylation is 1. The molecule has 0 atom stereocenters. The summed E-state index contributed by atoms with van der Waals surface area (Å²) in [6, 6.07) is 15.0. The standard InChI is InChI=1S/C20H21N3O2/c1-13-18(17-6-4-5-7-19(17)23(13)3)12-21-20(25)15-8-10-16(11-9-15)22-14(2)24/h4-11H,12H2,1-3H3,(H,21,25)(H,22,24). The highest BCUT2D eigenvalue weighted by Gasteiger charge is 2.13. The van der Waals surface area contributed by atoms with Gasteiger partial charge in [-0.25, -0.2) is 0 Å². The maximum atomic E-state index is 12.4. The first-order chi connectivity index (χ1) is 12.0. The van der Waals surface area contributed by atoms with Crippen molar-refractivity contribution in [1.82, 2.24) is 9.88 Å². The van der Waals surface area contributed by atoms with Crippen LogP contribution < -0.4 is 10.6 Å². The zero-order chi connectivity index (χ0) is 18.0. The molecule has 1 aromatic heterocycles. The third kappa shape index (κ3) is 3.40. The van der Waals surface area contributed by atoms with E-state index in [1.165, 1.54) is 6.92 Å². The summed E-state index contributed by atoms with van der Waals surface area (Å²) >= 11 is 0. The third-order valence-electron chi connectivity index (χ3n) is 4.42. The Kier molecular flexibility index (Phi) is 4.57. The second-order valence-corrected chi connectivity index (χ2v) is 6.08. The molecule has 5 nitrogen and oxygen atoms in total. The number of rotatable bonds is 4. The van der Waals surface area contributed by atoms with Crippen LogP contribution in [0.5, 0.6) is 0 Å². The molecule has 0 saturated carbocycles. The van der Waals surface area contributed by atoms with Crippen molar-refractivity contribution in [3.8, 4) is 0 Å². The van der Waals surface area contributed by atoms with Crippen molar-refractivity contribution in [2.24, 2.45) is 7.05 Å². The highest BCUT2D eigenvalue weighted by Crippen LogP contribution is 2.24. The molecule has 2 N–H and O–H groups in total. The maximum Gasteiger partial charge on any atom is 0.251 e. The molecule has 128 valence electrons. The molecule has 0 aliphatic rings. The molecule has 0 bridgehead atoms. The van der Waals surface area contributed by atoms with E-state index in [0.29, 0.717) is 17.8 Å². The van der Waals surface area contributed by atoms with Gasteiger partial charge < -0.3 is 15.2 Å². The molecule has 0 radical (unpaired) electrons. The Hall–Kier alpha value is -3.08. The Labute approximate surface area is 146 Å². The Morgan fingerprint density at radius 1 is 1.04 bits per heavy atom. The van der Waals surface area contributed by atoms with Crippen LogP contribution >= 0.6 is 0 Å². The van der Waals surface area contributed by atoms with Crippen LogP contribution in [0.1, 0.15) is 28.5 Å². The second kappa shape index (κ2) is 6.81. The largest absolute Gasteiger partial charge is 0.348 e. The van der Waals surface area contributed by atoms with E-state index in [1.54, 1.807) is 24.3 Å². The van der Waals surface area contributed by atoms with Gasteiger partial charge in [-0.05, 0) is 42.8 Å². The van der Waals surface area contributed by atoms with Crippen LogP contribution in [0.4, 0.5) is 5.69 Å². The Morgan fingerprint density at radius 3 is 2.40 bits per heavy atom. The topological polar surface area (TPSA) is 63.1 Å². The summed E-state index contributed by atoms with van der Waals surface area (Å²) in [5.41, 5.74) is 4.66. The lowest BCUT2D eigenvalue weighted by atomic mass is 10.1. The first-order valence-electron chi connectivity index (χ1n) is 8.16. The predicted octanol–water partition coefficient (Wildman–Crippen LogP) is 3.38. The van der Waals surface area contributed by atoms with Crippen LogP contribution in [0.3, 0.4) is 0 Å². The van der Waals surface area contributed by atoms with Gasteiger partial charge in [0, 0.05) is 48.4 Å². The zero-order valence-corrected chi connectivity index (χ0v) is 14.6. The van der Waals surface area contributed by atoms with Crippen LogP contribution in [-0.4, -0.2) is 16.4 Å². The van der Waals surface area contributed by atoms with E-state index in [9.17, 15) is 9.59 Å². The summed E-state index contributed by atoms with van der Waals surface area (Å²) < 4.78 is 2.14. The molecule has 0 fully saturated rings. The number of hydrogen-bond donors (Lipinski definition) is 2. The van der Waals surface area contributed by atoms with Crippen molar-refractivity contribution in [1.29, 1.82) is 0 Å². The average molecular weight is 335 g/mol. The molecule has 3 aromatic rings. The summed E-state index contributed by atoms with van der Waals surface area (Å²) in [7, 11) is 2.03. The molecular formula is C20H21N3O2. The predicted molar refractivity (Wildman–Crippen MR) is 99.6 cm³/mol. The number of anilines is 1. The van der Waals surface area contributed by atoms with Crippen molar-refractivity contribution < 1.29 is 9.59 Å². The summed E-state index contributed by atoms with van der Waals surface area (Å²) in [5, 5.41) is 6.82. The number of carbonyl (C=O) groups is 2. The summed E-state index contributed by atoms with van der Waals surface area (Å²) in [6.45, 7) is 3.98. The quantitative estimate of drug-likeness (QED) is 0.768. The third-order valence-corrected chi connectivity index (χ3v) is 4.42. The summed E-state index contributed by atoms with van der Waals surface area (Å²) in [6.07, 6.45) is 0. The lowest BCUT2D eigenvalue weighted by Gasteiger charge is -2.07. The van der Waals surface area contributed by atoms with E-state index in [-0.39, 0.29) is 11.8 Å². The van der Waals surface area contributed by atoms with E-state index < -0.39 is 0 Å². The van der Waals surface area contributed by atoms with Gasteiger partial charge in [-0.2, -0.15) is 0 Å². The summed E-state index contributed by atoms with van der Waals surface area (Å²) in [4.78, 5) is 23.4. The van der Waals surface area contributed by atoms with Gasteiger partial charge in [0.25, 0.3) is 5.91 Å². The zero-order valence-electron chi connectivity index (χ0n) is 14.6. The van der Waals surface area contributed by atoms with Crippen molar-refractivity contribution >= 4 is 28.4 Å². The highest BCUT2D eigenvalue weighted by molar-refractivity contribution is 5.96. The number of hydrogen-bond acceptors (Lipinski definition) is 2. The number of fused-ring (bicyclic) bond motifs is 1. The molecule has 25 heavy (non-hydrogen) atoms. The molecule has 0 aliphatic carbocycles. The number of nitrogens with zero attached hydrogens (tertiary/aromatic N) is 1. The second-order valence-electron chi connectivity index (χ2n) is 6.08. The Morgan fingerprint density at radius 2 is 1.72 bits per heavy atom. The van der Waals surface area contributed by atoms with Gasteiger partial charge in [0.05, 0.1) is 0 Å². The van der Waals surface area contributed by atoms with Gasteiger partial charge in [-0.3, -0.25) is 9.59 Å². The van der Waals surface area contributed by atoms with E-state index in [1.807, 2.05) is 19.2 Å². The SMILES string of the molecule is CC(=O)Nc1ccc(C(=O)NCc2c(C)n(C)c3ccccc23)cc1. The normalized spacial score (nSPS) is 10.7. The van der Waals surface area contributed by atoms with Crippen LogP contribution in [0.25, 0.3) is 10.9 Å². The number of aromatic nitrogens is 1. The van der Waals surface area contributed by atoms with Gasteiger partial charge in [0.1, 0.15) is 0 Å². The molecule has 2 aromatic carbocycles. The number of amides is 2. The first kappa shape index (κ1) is 16.8. The van der Waals surface area contributed by atoms with E-state index in [0.717, 1.165) is 22.2 Å². The van der Waals surface area contributed by atoms with E-state index >= 15 is 0 Å². The number of carbonyl (C=O) groups excluding carboxylic acids is 2. The molecule has 0 saturated heterocycles. The number of nitrogens with one attached hydrogen (secondary N) is 2. The molecule has 1 heterocycles. The first-order valence-corrected chi connectivity index (χ1v) is 8.16. The highest BCUT2D eigenvalue weighted by atomic mass is 16.2. The molecule has 3 rings (SSSR count). The fourth-order valence-corrected chi connectivity index (χ4v) is 3.00. The number of para-hydroxylation sites is 1. The molecule has 2 amide bonds. The van der Waals surface area contributed by atoms with Crippen molar-refractivity contribution in [3.63, 3.8) is 0 Å². The van der Waals surface area contributed by atoms with Crippen molar-refractivity contribution in [2.45, 2.75) is 20.4 Å². The summed E-state index contributed by atoms with van der Waals surface area (Å²) in [5.74, 6) is -0.273. The Bertz CT molecular complexity index is 939. The average Bonchev–Trinajstić information content (AvgIpc) is 2.84. The monoisotopic (exact) mass is 335 g/mol. The van der Waals surface area contributed by atoms with Crippen molar-refractivity contribution in [2.75, 3.05) is 5.32 Å². The van der Waals surface area contributed by atoms with Gasteiger partial charge in [-0.1, -0.05) is 18.2 Å². The van der Waals surface area contributed by atoms with Crippen molar-refractivity contribution in [3.05, 3.63) is 65.4 Å². The Balaban J connectivity index is 1.75. The molecule has 5 heteroatoms. The molecule has 0 spiro atoms. The van der Waals surface area contributed by atoms with Crippen LogP contribution in [0, 0.1) is 6.92 Å².